The van der Waals surface area contributed by atoms with Crippen LogP contribution in [-0.4, -0.2) is 26.4 Å². The molecule has 0 radical (unpaired) electrons. The summed E-state index contributed by atoms with van der Waals surface area (Å²) in [5.74, 6) is -0.00396. The Hall–Kier alpha value is -2.74. The second-order valence-corrected chi connectivity index (χ2v) is 7.78. The fourth-order valence-electron chi connectivity index (χ4n) is 3.01. The fraction of sp³-hybridized carbons (Fsp3) is 0.368. The molecule has 0 spiro atoms. The van der Waals surface area contributed by atoms with Gasteiger partial charge in [-0.3, -0.25) is 14.7 Å². The number of amides is 1. The lowest BCUT2D eigenvalue weighted by atomic mass is 10.1. The van der Waals surface area contributed by atoms with Crippen LogP contribution in [0.5, 0.6) is 0 Å². The van der Waals surface area contributed by atoms with Gasteiger partial charge in [0, 0.05) is 11.6 Å². The number of fused-ring (bicyclic) bond motifs is 1. The van der Waals surface area contributed by atoms with Crippen molar-refractivity contribution in [3.63, 3.8) is 0 Å². The predicted molar refractivity (Wildman–Crippen MR) is 107 cm³/mol. The SMILES string of the molecule is CCCc1[nH]n(-c2nc3ccccc3s2)c(=O)c1/C(C)=N/NC(=O)C1CC1. The summed E-state index contributed by atoms with van der Waals surface area (Å²) in [7, 11) is 0. The predicted octanol–water partition coefficient (Wildman–Crippen LogP) is 2.98. The van der Waals surface area contributed by atoms with Crippen LogP contribution in [0, 0.1) is 5.92 Å². The zero-order valence-electron chi connectivity index (χ0n) is 15.3. The highest BCUT2D eigenvalue weighted by atomic mass is 32.1. The Morgan fingerprint density at radius 3 is 2.89 bits per heavy atom. The molecule has 0 aliphatic heterocycles. The third-order valence-electron chi connectivity index (χ3n) is 4.58. The molecular weight excluding hydrogens is 362 g/mol. The molecule has 1 aromatic carbocycles. The van der Waals surface area contributed by atoms with Crippen molar-refractivity contribution >= 4 is 33.2 Å². The van der Waals surface area contributed by atoms with Gasteiger partial charge in [0.25, 0.3) is 5.56 Å². The molecule has 140 valence electrons. The third kappa shape index (κ3) is 3.44. The van der Waals surface area contributed by atoms with Gasteiger partial charge in [-0.1, -0.05) is 36.8 Å². The maximum atomic E-state index is 13.1. The number of carbonyl (C=O) groups excluding carboxylic acids is 1. The minimum atomic E-state index is -0.195. The highest BCUT2D eigenvalue weighted by molar-refractivity contribution is 7.20. The molecule has 0 unspecified atom stereocenters. The highest BCUT2D eigenvalue weighted by Gasteiger charge is 2.29. The Bertz CT molecular complexity index is 1050. The van der Waals surface area contributed by atoms with Gasteiger partial charge in [0.1, 0.15) is 0 Å². The lowest BCUT2D eigenvalue weighted by Gasteiger charge is -2.01. The average Bonchev–Trinajstić information content (AvgIpc) is 3.34. The zero-order valence-corrected chi connectivity index (χ0v) is 16.1. The first-order valence-corrected chi connectivity index (χ1v) is 9.94. The molecule has 2 N–H and O–H groups in total. The molecule has 3 aromatic rings. The number of hydrogen-bond acceptors (Lipinski definition) is 5. The largest absolute Gasteiger partial charge is 0.292 e. The minimum absolute atomic E-state index is 0.0716. The highest BCUT2D eigenvalue weighted by Crippen LogP contribution is 2.28. The second-order valence-electron chi connectivity index (χ2n) is 6.77. The van der Waals surface area contributed by atoms with Crippen LogP contribution >= 0.6 is 11.3 Å². The van der Waals surface area contributed by atoms with E-state index < -0.39 is 0 Å². The van der Waals surface area contributed by atoms with E-state index >= 15 is 0 Å². The average molecular weight is 383 g/mol. The monoisotopic (exact) mass is 383 g/mol. The smallest absolute Gasteiger partial charge is 0.282 e. The van der Waals surface area contributed by atoms with E-state index in [4.69, 9.17) is 0 Å². The van der Waals surface area contributed by atoms with E-state index in [2.05, 4.69) is 27.5 Å². The Morgan fingerprint density at radius 2 is 2.19 bits per heavy atom. The molecule has 0 atom stereocenters. The van der Waals surface area contributed by atoms with Gasteiger partial charge in [-0.25, -0.2) is 10.4 Å². The van der Waals surface area contributed by atoms with Crippen LogP contribution in [0.3, 0.4) is 0 Å². The van der Waals surface area contributed by atoms with E-state index in [0.717, 1.165) is 35.2 Å². The molecule has 1 aliphatic rings. The van der Waals surface area contributed by atoms with Gasteiger partial charge in [0.15, 0.2) is 0 Å². The third-order valence-corrected chi connectivity index (χ3v) is 5.60. The topological polar surface area (TPSA) is 92.1 Å². The van der Waals surface area contributed by atoms with Crippen LogP contribution in [0.2, 0.25) is 0 Å². The van der Waals surface area contributed by atoms with Crippen LogP contribution in [-0.2, 0) is 11.2 Å². The number of thiazole rings is 1. The van der Waals surface area contributed by atoms with Crippen molar-refractivity contribution in [2.45, 2.75) is 39.5 Å². The first kappa shape index (κ1) is 17.7. The number of benzene rings is 1. The summed E-state index contributed by atoms with van der Waals surface area (Å²) < 4.78 is 2.50. The van der Waals surface area contributed by atoms with E-state index in [9.17, 15) is 9.59 Å². The summed E-state index contributed by atoms with van der Waals surface area (Å²) in [4.78, 5) is 29.5. The van der Waals surface area contributed by atoms with Crippen molar-refractivity contribution in [1.82, 2.24) is 20.2 Å². The van der Waals surface area contributed by atoms with Gasteiger partial charge in [-0.15, -0.1) is 0 Å². The summed E-state index contributed by atoms with van der Waals surface area (Å²) >= 11 is 1.46. The number of carbonyl (C=O) groups is 1. The number of aromatic nitrogens is 3. The Balaban J connectivity index is 1.73. The molecule has 27 heavy (non-hydrogen) atoms. The van der Waals surface area contributed by atoms with Crippen LogP contribution in [0.15, 0.2) is 34.2 Å². The molecule has 1 fully saturated rings. The van der Waals surface area contributed by atoms with Gasteiger partial charge in [0.05, 0.1) is 21.5 Å². The standard InChI is InChI=1S/C19H21N5O2S/c1-3-6-14-16(11(2)21-22-17(25)12-9-10-12)18(26)24(23-14)19-20-13-7-4-5-8-15(13)27-19/h4-5,7-8,12,23H,3,6,9-10H2,1-2H3,(H,22,25)/b21-11+. The lowest BCUT2D eigenvalue weighted by Crippen LogP contribution is -2.24. The number of para-hydroxylation sites is 1. The van der Waals surface area contributed by atoms with E-state index in [1.54, 1.807) is 6.92 Å². The van der Waals surface area contributed by atoms with E-state index in [1.807, 2.05) is 24.3 Å². The van der Waals surface area contributed by atoms with Crippen molar-refractivity contribution in [1.29, 1.82) is 0 Å². The van der Waals surface area contributed by atoms with Gasteiger partial charge in [-0.05, 0) is 38.3 Å². The normalized spacial score (nSPS) is 14.7. The van der Waals surface area contributed by atoms with Crippen molar-refractivity contribution in [2.75, 3.05) is 0 Å². The van der Waals surface area contributed by atoms with Gasteiger partial charge < -0.3 is 0 Å². The second kappa shape index (κ2) is 7.11. The van der Waals surface area contributed by atoms with E-state index in [0.29, 0.717) is 22.8 Å². The zero-order chi connectivity index (χ0) is 19.0. The summed E-state index contributed by atoms with van der Waals surface area (Å²) in [5.41, 5.74) is 5.07. The van der Waals surface area contributed by atoms with Crippen molar-refractivity contribution in [3.8, 4) is 5.13 Å². The summed E-state index contributed by atoms with van der Waals surface area (Å²) in [6.07, 6.45) is 3.42. The number of nitrogens with zero attached hydrogens (tertiary/aromatic N) is 3. The number of aromatic amines is 1. The number of aryl methyl sites for hydroxylation is 1. The quantitative estimate of drug-likeness (QED) is 0.506. The van der Waals surface area contributed by atoms with Crippen LogP contribution in [0.4, 0.5) is 0 Å². The fourth-order valence-corrected chi connectivity index (χ4v) is 3.93. The van der Waals surface area contributed by atoms with Crippen LogP contribution < -0.4 is 11.0 Å². The van der Waals surface area contributed by atoms with Crippen molar-refractivity contribution < 1.29 is 4.79 Å². The van der Waals surface area contributed by atoms with Crippen molar-refractivity contribution in [3.05, 3.63) is 45.9 Å². The number of nitrogens with one attached hydrogen (secondary N) is 2. The van der Waals surface area contributed by atoms with Gasteiger partial charge in [-0.2, -0.15) is 9.78 Å². The van der Waals surface area contributed by atoms with Crippen LogP contribution in [0.25, 0.3) is 15.3 Å². The summed E-state index contributed by atoms with van der Waals surface area (Å²) in [6, 6.07) is 7.79. The first-order chi connectivity index (χ1) is 13.1. The lowest BCUT2D eigenvalue weighted by molar-refractivity contribution is -0.122. The minimum Gasteiger partial charge on any atom is -0.292 e. The Kier molecular flexibility index (Phi) is 4.65. The van der Waals surface area contributed by atoms with Crippen LogP contribution in [0.1, 0.15) is 44.4 Å². The molecule has 1 aliphatic carbocycles. The first-order valence-electron chi connectivity index (χ1n) is 9.12. The van der Waals surface area contributed by atoms with E-state index in [1.165, 1.54) is 16.0 Å². The van der Waals surface area contributed by atoms with Crippen molar-refractivity contribution in [2.24, 2.45) is 11.0 Å². The molecule has 8 heteroatoms. The maximum Gasteiger partial charge on any atom is 0.282 e. The number of hydrogen-bond donors (Lipinski definition) is 2. The summed E-state index contributed by atoms with van der Waals surface area (Å²) in [5, 5.41) is 7.96. The molecule has 4 rings (SSSR count). The summed E-state index contributed by atoms with van der Waals surface area (Å²) in [6.45, 7) is 3.80. The van der Waals surface area contributed by atoms with E-state index in [-0.39, 0.29) is 17.4 Å². The molecule has 0 saturated heterocycles. The maximum absolute atomic E-state index is 13.1. The molecule has 2 heterocycles. The van der Waals surface area contributed by atoms with Gasteiger partial charge in [0.2, 0.25) is 11.0 Å². The molecule has 1 saturated carbocycles. The molecule has 7 nitrogen and oxygen atoms in total. The Labute approximate surface area is 160 Å². The number of hydrazone groups is 1. The number of H-pyrrole nitrogens is 1. The molecule has 0 bridgehead atoms. The number of rotatable bonds is 6. The molecular formula is C19H21N5O2S. The molecule has 2 aromatic heterocycles. The Morgan fingerprint density at radius 1 is 1.41 bits per heavy atom. The van der Waals surface area contributed by atoms with Gasteiger partial charge >= 0.3 is 0 Å². The molecule has 1 amide bonds.